The number of carbonyl (C=O) groups excluding carboxylic acids is 2. The van der Waals surface area contributed by atoms with Crippen LogP contribution in [0.2, 0.25) is 0 Å². The number of carbonyl (C=O) groups is 2. The van der Waals surface area contributed by atoms with E-state index in [1.54, 1.807) is 12.5 Å². The molecule has 3 nitrogen and oxygen atoms in total. The van der Waals surface area contributed by atoms with Crippen molar-refractivity contribution in [3.8, 4) is 0 Å². The molecule has 26 heavy (non-hydrogen) atoms. The third-order valence-electron chi connectivity index (χ3n) is 8.80. The Bertz CT molecular complexity index is 813. The zero-order valence-corrected chi connectivity index (χ0v) is 15.8. The zero-order chi connectivity index (χ0) is 18.3. The molecule has 0 aromatic carbocycles. The number of ketones is 2. The second-order valence-corrected chi connectivity index (χ2v) is 9.45. The van der Waals surface area contributed by atoms with Crippen LogP contribution in [0.4, 0.5) is 0 Å². The summed E-state index contributed by atoms with van der Waals surface area (Å²) in [6.07, 6.45) is 13.2. The van der Waals surface area contributed by atoms with E-state index in [-0.39, 0.29) is 22.4 Å². The van der Waals surface area contributed by atoms with Gasteiger partial charge in [-0.05, 0) is 80.4 Å². The molecule has 0 aromatic rings. The normalized spacial score (nSPS) is 44.3. The van der Waals surface area contributed by atoms with Crippen LogP contribution in [0.3, 0.4) is 0 Å². The highest BCUT2D eigenvalue weighted by Crippen LogP contribution is 2.77. The maximum Gasteiger partial charge on any atom is 0.171 e. The van der Waals surface area contributed by atoms with Crippen LogP contribution in [0.25, 0.3) is 0 Å². The van der Waals surface area contributed by atoms with Gasteiger partial charge in [0.05, 0.1) is 5.41 Å². The first kappa shape index (κ1) is 16.7. The van der Waals surface area contributed by atoms with Crippen LogP contribution >= 0.6 is 0 Å². The molecule has 2 fully saturated rings. The van der Waals surface area contributed by atoms with Gasteiger partial charge < -0.3 is 5.11 Å². The lowest BCUT2D eigenvalue weighted by Gasteiger charge is -2.55. The molecule has 0 saturated heterocycles. The Kier molecular flexibility index (Phi) is 3.25. The number of aliphatic hydroxyl groups excluding tert-OH is 1. The Morgan fingerprint density at radius 3 is 2.65 bits per heavy atom. The zero-order valence-electron chi connectivity index (χ0n) is 15.8. The van der Waals surface area contributed by atoms with Gasteiger partial charge in [-0.3, -0.25) is 9.59 Å². The molecule has 0 spiro atoms. The predicted molar refractivity (Wildman–Crippen MR) is 99.3 cm³/mol. The highest BCUT2D eigenvalue weighted by Gasteiger charge is 2.72. The minimum atomic E-state index is -0.893. The molecule has 1 N–H and O–H groups in total. The quantitative estimate of drug-likeness (QED) is 0.762. The molecule has 1 unspecified atom stereocenters. The first-order valence-corrected chi connectivity index (χ1v) is 10.2. The van der Waals surface area contributed by atoms with Gasteiger partial charge in [0.15, 0.2) is 11.6 Å². The molecule has 0 aliphatic heterocycles. The second kappa shape index (κ2) is 5.07. The number of fused-ring (bicyclic) bond motifs is 2. The van der Waals surface area contributed by atoms with Crippen molar-refractivity contribution in [3.63, 3.8) is 0 Å². The first-order valence-electron chi connectivity index (χ1n) is 10.2. The van der Waals surface area contributed by atoms with E-state index in [1.807, 2.05) is 6.08 Å². The van der Waals surface area contributed by atoms with Crippen molar-refractivity contribution in [2.75, 3.05) is 0 Å². The van der Waals surface area contributed by atoms with Crippen molar-refractivity contribution in [3.05, 3.63) is 34.9 Å². The smallest absolute Gasteiger partial charge is 0.171 e. The van der Waals surface area contributed by atoms with Crippen LogP contribution in [-0.4, -0.2) is 22.8 Å². The Balaban J connectivity index is 1.62. The number of rotatable bonds is 2. The molecule has 0 aromatic heterocycles. The van der Waals surface area contributed by atoms with Crippen LogP contribution in [0.5, 0.6) is 0 Å². The minimum absolute atomic E-state index is 0.0198. The van der Waals surface area contributed by atoms with Crippen molar-refractivity contribution in [2.24, 2.45) is 22.2 Å². The average molecular weight is 352 g/mol. The fourth-order valence-electron chi connectivity index (χ4n) is 7.49. The molecule has 0 heterocycles. The molecule has 138 valence electrons. The molecule has 5 aliphatic carbocycles. The third kappa shape index (κ3) is 1.69. The summed E-state index contributed by atoms with van der Waals surface area (Å²) in [7, 11) is 0. The Morgan fingerprint density at radius 1 is 1.15 bits per heavy atom. The summed E-state index contributed by atoms with van der Waals surface area (Å²) in [5.74, 6) is 0.806. The molecule has 3 heteroatoms. The van der Waals surface area contributed by atoms with Crippen LogP contribution in [0.1, 0.15) is 65.2 Å². The van der Waals surface area contributed by atoms with Crippen LogP contribution in [-0.2, 0) is 9.59 Å². The average Bonchev–Trinajstić information content (AvgIpc) is 3.05. The van der Waals surface area contributed by atoms with Gasteiger partial charge in [-0.1, -0.05) is 24.6 Å². The van der Waals surface area contributed by atoms with Crippen molar-refractivity contribution in [1.29, 1.82) is 0 Å². The number of hydrogen-bond acceptors (Lipinski definition) is 3. The van der Waals surface area contributed by atoms with Gasteiger partial charge in [0.25, 0.3) is 0 Å². The van der Waals surface area contributed by atoms with E-state index in [2.05, 4.69) is 19.1 Å². The Morgan fingerprint density at radius 2 is 1.96 bits per heavy atom. The van der Waals surface area contributed by atoms with Gasteiger partial charge in [0.1, 0.15) is 6.10 Å². The summed E-state index contributed by atoms with van der Waals surface area (Å²) in [6, 6.07) is 0. The van der Waals surface area contributed by atoms with E-state index in [4.69, 9.17) is 0 Å². The molecule has 5 rings (SSSR count). The topological polar surface area (TPSA) is 54.4 Å². The standard InChI is InChI=1S/C23H28O3/c1-14(24)20(26)23-11-9-22(10-12-23)19-6-3-15-13-16(25)4-5-17(15)18(19)7-8-21(22,23)2/h9,11,13-14,19,24H,3-8,10,12H2,1-2H3/t14-,19+,21-,22?,23+/m0/s1. The molecule has 2 saturated carbocycles. The van der Waals surface area contributed by atoms with E-state index >= 15 is 0 Å². The highest BCUT2D eigenvalue weighted by atomic mass is 16.3. The SMILES string of the molecule is C[C@H](O)C(=O)[C@@]12C=CC3(CC1)[C@@H]1CCC4=CC(=O)CCC4=C1CC[C@@]32C. The van der Waals surface area contributed by atoms with Crippen molar-refractivity contribution in [2.45, 2.75) is 71.3 Å². The largest absolute Gasteiger partial charge is 0.386 e. The van der Waals surface area contributed by atoms with Crippen molar-refractivity contribution >= 4 is 11.6 Å². The molecule has 5 aliphatic rings. The third-order valence-corrected chi connectivity index (χ3v) is 8.80. The van der Waals surface area contributed by atoms with Gasteiger partial charge in [-0.2, -0.15) is 0 Å². The summed E-state index contributed by atoms with van der Waals surface area (Å²) >= 11 is 0. The van der Waals surface area contributed by atoms with Gasteiger partial charge in [0.2, 0.25) is 0 Å². The van der Waals surface area contributed by atoms with Gasteiger partial charge in [-0.25, -0.2) is 0 Å². The van der Waals surface area contributed by atoms with E-state index in [0.717, 1.165) is 44.9 Å². The lowest BCUT2D eigenvalue weighted by molar-refractivity contribution is -0.141. The molecule has 0 radical (unpaired) electrons. The summed E-state index contributed by atoms with van der Waals surface area (Å²) in [5, 5.41) is 10.1. The van der Waals surface area contributed by atoms with E-state index in [9.17, 15) is 14.7 Å². The molecule has 2 bridgehead atoms. The Labute approximate surface area is 155 Å². The second-order valence-electron chi connectivity index (χ2n) is 9.45. The number of hydrogen-bond donors (Lipinski definition) is 1. The summed E-state index contributed by atoms with van der Waals surface area (Å²) in [6.45, 7) is 3.94. The summed E-state index contributed by atoms with van der Waals surface area (Å²) in [4.78, 5) is 24.9. The molecule has 0 amide bonds. The lowest BCUT2D eigenvalue weighted by atomic mass is 9.47. The van der Waals surface area contributed by atoms with Crippen LogP contribution in [0, 0.1) is 22.2 Å². The summed E-state index contributed by atoms with van der Waals surface area (Å²) in [5.41, 5.74) is 3.85. The minimum Gasteiger partial charge on any atom is -0.386 e. The summed E-state index contributed by atoms with van der Waals surface area (Å²) < 4.78 is 0. The monoisotopic (exact) mass is 352 g/mol. The number of allylic oxidation sites excluding steroid dienone is 6. The fourth-order valence-corrected chi connectivity index (χ4v) is 7.49. The van der Waals surface area contributed by atoms with Gasteiger partial charge >= 0.3 is 0 Å². The maximum absolute atomic E-state index is 13.0. The van der Waals surface area contributed by atoms with E-state index in [1.165, 1.54) is 11.1 Å². The molecule has 5 atom stereocenters. The molecular weight excluding hydrogens is 324 g/mol. The first-order chi connectivity index (χ1) is 12.3. The highest BCUT2D eigenvalue weighted by molar-refractivity contribution is 5.94. The lowest BCUT2D eigenvalue weighted by Crippen LogP contribution is -2.52. The van der Waals surface area contributed by atoms with Crippen LogP contribution in [0.15, 0.2) is 34.9 Å². The number of aliphatic hydroxyl groups is 1. The van der Waals surface area contributed by atoms with Crippen LogP contribution < -0.4 is 0 Å². The van der Waals surface area contributed by atoms with Crippen molar-refractivity contribution in [1.82, 2.24) is 0 Å². The number of Topliss-reactive ketones (excluding diaryl/α,β-unsaturated/α-hetero) is 1. The Hall–Kier alpha value is -1.48. The predicted octanol–water partition coefficient (Wildman–Crippen LogP) is 4.07. The van der Waals surface area contributed by atoms with Gasteiger partial charge in [0, 0.05) is 11.8 Å². The maximum atomic E-state index is 13.0. The fraction of sp³-hybridized carbons (Fsp3) is 0.652. The molecular formula is C23H28O3. The van der Waals surface area contributed by atoms with Gasteiger partial charge in [-0.15, -0.1) is 0 Å². The van der Waals surface area contributed by atoms with E-state index < -0.39 is 11.5 Å². The van der Waals surface area contributed by atoms with Crippen molar-refractivity contribution < 1.29 is 14.7 Å². The van der Waals surface area contributed by atoms with E-state index in [0.29, 0.717) is 12.3 Å².